The molecule has 3 aliphatic rings. The summed E-state index contributed by atoms with van der Waals surface area (Å²) in [7, 11) is 0. The molecule has 0 amide bonds. The van der Waals surface area contributed by atoms with Crippen molar-refractivity contribution in [2.24, 2.45) is 29.6 Å². The first-order valence-electron chi connectivity index (χ1n) is 11.3. The number of hydrogen-bond donors (Lipinski definition) is 1. The van der Waals surface area contributed by atoms with Crippen molar-refractivity contribution in [2.45, 2.75) is 84.5 Å². The third kappa shape index (κ3) is 6.10. The molecule has 0 bridgehead atoms. The number of aliphatic hydroxyl groups is 1. The van der Waals surface area contributed by atoms with Gasteiger partial charge in [0.1, 0.15) is 12.2 Å². The minimum atomic E-state index is -0.597. The van der Waals surface area contributed by atoms with Gasteiger partial charge in [-0.3, -0.25) is 9.59 Å². The summed E-state index contributed by atoms with van der Waals surface area (Å²) in [5, 5.41) is 9.89. The Hall–Kier alpha value is -0.854. The molecule has 0 unspecified atom stereocenters. The van der Waals surface area contributed by atoms with E-state index in [1.807, 2.05) is 13.8 Å². The smallest absolute Gasteiger partial charge is 0.462 e. The van der Waals surface area contributed by atoms with Crippen LogP contribution in [-0.2, 0) is 19.1 Å². The maximum absolute atomic E-state index is 12.5. The fraction of sp³-hybridized carbons (Fsp3) is 0.750. The second-order valence-electron chi connectivity index (χ2n) is 9.36. The van der Waals surface area contributed by atoms with Gasteiger partial charge in [-0.15, -0.1) is 0 Å². The molecule has 0 radical (unpaired) electrons. The average molecular weight is 429 g/mol. The molecule has 0 saturated carbocycles. The number of rotatable bonds is 6. The number of ether oxygens (including phenoxy) is 2. The summed E-state index contributed by atoms with van der Waals surface area (Å²) in [4.78, 5) is 24.2. The van der Waals surface area contributed by atoms with Crippen molar-refractivity contribution >= 4 is 35.0 Å². The van der Waals surface area contributed by atoms with Crippen molar-refractivity contribution in [2.75, 3.05) is 0 Å². The fourth-order valence-electron chi connectivity index (χ4n) is 5.07. The Bertz CT molecular complexity index is 673. The zero-order valence-corrected chi connectivity index (χ0v) is 20.3. The predicted molar refractivity (Wildman–Crippen MR) is 117 cm³/mol. The molecule has 0 aromatic heterocycles. The molecule has 8 atom stereocenters. The Morgan fingerprint density at radius 3 is 2.70 bits per heavy atom. The maximum atomic E-state index is 12.5. The standard InChI is InChI=1S/C24H36O5.Mg/c1-5-15(3)24(27)29-21-11-14(2)10-17-7-6-16(4)20(23(17)21)9-8-19-12-18(25)13-22(26)28-19;/h6-7,10,14-16,18-21,23,25H,5,8-9,11-13H2,1-4H3;/q;+2/t14-,15-,16-,18+,19+,20-,21-,23-;/m0./s1. The van der Waals surface area contributed by atoms with E-state index in [1.54, 1.807) is 0 Å². The summed E-state index contributed by atoms with van der Waals surface area (Å²) in [5.74, 6) is 0.755. The van der Waals surface area contributed by atoms with Crippen LogP contribution in [0.1, 0.15) is 66.2 Å². The summed E-state index contributed by atoms with van der Waals surface area (Å²) in [6.45, 7) is 8.33. The number of allylic oxidation sites excluding steroid dienone is 3. The van der Waals surface area contributed by atoms with Crippen LogP contribution in [0.4, 0.5) is 0 Å². The summed E-state index contributed by atoms with van der Waals surface area (Å²) >= 11 is 0. The molecule has 0 aromatic carbocycles. The Morgan fingerprint density at radius 2 is 2.03 bits per heavy atom. The molecule has 30 heavy (non-hydrogen) atoms. The van der Waals surface area contributed by atoms with Crippen LogP contribution in [-0.4, -0.2) is 58.4 Å². The van der Waals surface area contributed by atoms with E-state index in [9.17, 15) is 14.7 Å². The number of hydrogen-bond acceptors (Lipinski definition) is 5. The topological polar surface area (TPSA) is 72.8 Å². The molecule has 1 heterocycles. The van der Waals surface area contributed by atoms with Crippen molar-refractivity contribution in [1.29, 1.82) is 0 Å². The van der Waals surface area contributed by atoms with Gasteiger partial charge in [0.15, 0.2) is 0 Å². The van der Waals surface area contributed by atoms with E-state index >= 15 is 0 Å². The Labute approximate surface area is 196 Å². The molecule has 1 fully saturated rings. The van der Waals surface area contributed by atoms with E-state index in [0.29, 0.717) is 24.2 Å². The van der Waals surface area contributed by atoms with Crippen LogP contribution in [0.15, 0.2) is 23.8 Å². The minimum absolute atomic E-state index is 0. The SMILES string of the molecule is CC[C@H](C)C(=O)O[C@H]1C[C@@H](C)C=C2C=C[C@H](C)[C@H](CC[C@@H]3C[C@@H](O)CC(=O)O3)[C@H]21.[Mg+2]. The van der Waals surface area contributed by atoms with Crippen LogP contribution in [0.2, 0.25) is 0 Å². The first kappa shape index (κ1) is 25.4. The summed E-state index contributed by atoms with van der Waals surface area (Å²) in [6.07, 6.45) is 9.70. The molecular formula is C24H36MgO5+2. The second-order valence-corrected chi connectivity index (χ2v) is 9.36. The first-order chi connectivity index (χ1) is 13.8. The van der Waals surface area contributed by atoms with E-state index in [2.05, 4.69) is 32.1 Å². The molecule has 2 aliphatic carbocycles. The third-order valence-electron chi connectivity index (χ3n) is 6.93. The van der Waals surface area contributed by atoms with Gasteiger partial charge < -0.3 is 14.6 Å². The van der Waals surface area contributed by atoms with Gasteiger partial charge in [-0.1, -0.05) is 45.9 Å². The molecular weight excluding hydrogens is 393 g/mol. The normalized spacial score (nSPS) is 36.6. The number of cyclic esters (lactones) is 1. The zero-order valence-electron chi connectivity index (χ0n) is 18.9. The van der Waals surface area contributed by atoms with Gasteiger partial charge in [0.05, 0.1) is 18.4 Å². The summed E-state index contributed by atoms with van der Waals surface area (Å²) in [5.41, 5.74) is 1.27. The Kier molecular flexibility index (Phi) is 9.44. The molecule has 0 spiro atoms. The Morgan fingerprint density at radius 1 is 1.30 bits per heavy atom. The van der Waals surface area contributed by atoms with Gasteiger partial charge in [0, 0.05) is 12.3 Å². The predicted octanol–water partition coefficient (Wildman–Crippen LogP) is 3.81. The van der Waals surface area contributed by atoms with Crippen LogP contribution in [0, 0.1) is 29.6 Å². The molecule has 0 aromatic rings. The monoisotopic (exact) mass is 428 g/mol. The molecule has 162 valence electrons. The van der Waals surface area contributed by atoms with Gasteiger partial charge in [0.25, 0.3) is 0 Å². The number of fused-ring (bicyclic) bond motifs is 1. The Balaban J connectivity index is 0.00000320. The van der Waals surface area contributed by atoms with Crippen LogP contribution >= 0.6 is 0 Å². The fourth-order valence-corrected chi connectivity index (χ4v) is 5.07. The van der Waals surface area contributed by atoms with Crippen molar-refractivity contribution < 1.29 is 24.2 Å². The van der Waals surface area contributed by atoms with E-state index in [4.69, 9.17) is 9.47 Å². The van der Waals surface area contributed by atoms with Gasteiger partial charge in [-0.25, -0.2) is 0 Å². The van der Waals surface area contributed by atoms with Gasteiger partial charge in [-0.2, -0.15) is 0 Å². The summed E-state index contributed by atoms with van der Waals surface area (Å²) in [6, 6.07) is 0. The maximum Gasteiger partial charge on any atom is 2.00 e. The van der Waals surface area contributed by atoms with E-state index in [1.165, 1.54) is 5.57 Å². The second kappa shape index (κ2) is 11.1. The molecule has 6 heteroatoms. The van der Waals surface area contributed by atoms with Crippen LogP contribution in [0.5, 0.6) is 0 Å². The number of esters is 2. The molecule has 3 rings (SSSR count). The number of carbonyl (C=O) groups is 2. The van der Waals surface area contributed by atoms with Gasteiger partial charge in [-0.05, 0) is 49.0 Å². The van der Waals surface area contributed by atoms with E-state index in [0.717, 1.165) is 25.7 Å². The summed E-state index contributed by atoms with van der Waals surface area (Å²) < 4.78 is 11.5. The van der Waals surface area contributed by atoms with E-state index < -0.39 is 6.10 Å². The van der Waals surface area contributed by atoms with Crippen LogP contribution < -0.4 is 0 Å². The van der Waals surface area contributed by atoms with Crippen LogP contribution in [0.25, 0.3) is 0 Å². The van der Waals surface area contributed by atoms with Crippen LogP contribution in [0.3, 0.4) is 0 Å². The molecule has 1 N–H and O–H groups in total. The van der Waals surface area contributed by atoms with E-state index in [-0.39, 0.29) is 65.5 Å². The largest absolute Gasteiger partial charge is 2.00 e. The zero-order chi connectivity index (χ0) is 21.1. The minimum Gasteiger partial charge on any atom is -0.462 e. The van der Waals surface area contributed by atoms with Crippen molar-refractivity contribution in [3.05, 3.63) is 23.8 Å². The van der Waals surface area contributed by atoms with Crippen molar-refractivity contribution in [3.8, 4) is 0 Å². The third-order valence-corrected chi connectivity index (χ3v) is 6.93. The number of carbonyl (C=O) groups excluding carboxylic acids is 2. The van der Waals surface area contributed by atoms with Crippen molar-refractivity contribution in [1.82, 2.24) is 0 Å². The molecule has 1 saturated heterocycles. The quantitative estimate of drug-likeness (QED) is 0.514. The van der Waals surface area contributed by atoms with Crippen molar-refractivity contribution in [3.63, 3.8) is 0 Å². The average Bonchev–Trinajstić information content (AvgIpc) is 2.65. The first-order valence-corrected chi connectivity index (χ1v) is 11.3. The molecule has 5 nitrogen and oxygen atoms in total. The number of aliphatic hydroxyl groups excluding tert-OH is 1. The van der Waals surface area contributed by atoms with Gasteiger partial charge in [0.2, 0.25) is 0 Å². The molecule has 1 aliphatic heterocycles. The van der Waals surface area contributed by atoms with Gasteiger partial charge >= 0.3 is 35.0 Å².